The molecule has 0 aliphatic carbocycles. The molecule has 1 aliphatic rings. The number of hydrogen-bond acceptors (Lipinski definition) is 7. The first-order valence-corrected chi connectivity index (χ1v) is 9.79. The predicted octanol–water partition coefficient (Wildman–Crippen LogP) is -3.12. The van der Waals surface area contributed by atoms with E-state index < -0.39 is 35.2 Å². The third-order valence-corrected chi connectivity index (χ3v) is 4.52. The number of ketones is 1. The number of carbonyl (C=O) groups is 5. The molecule has 13 heteroatoms. The number of aliphatic imine (C=N–C) groups is 1. The van der Waals surface area contributed by atoms with Crippen LogP contribution in [-0.4, -0.2) is 58.2 Å². The first-order chi connectivity index (χ1) is 13.9. The number of alkyl halides is 1. The summed E-state index contributed by atoms with van der Waals surface area (Å²) in [4.78, 5) is 56.4. The third-order valence-electron chi connectivity index (χ3n) is 4.29. The van der Waals surface area contributed by atoms with E-state index in [4.69, 9.17) is 27.5 Å². The van der Waals surface area contributed by atoms with E-state index in [2.05, 4.69) is 10.3 Å². The number of nitrogens with one attached hydrogen (secondary N) is 1. The minimum atomic E-state index is -1.15. The van der Waals surface area contributed by atoms with Crippen LogP contribution in [0, 0.1) is 11.3 Å². The molecular weight excluding hydrogens is 445 g/mol. The summed E-state index contributed by atoms with van der Waals surface area (Å²) in [6.07, 6.45) is 1.95. The second-order valence-electron chi connectivity index (χ2n) is 6.35. The Kier molecular flexibility index (Phi) is 19.9. The zero-order chi connectivity index (χ0) is 23.9. The molecule has 0 bridgehead atoms. The number of carbonyl (C=O) groups excluding carboxylic acids is 3. The first-order valence-electron chi connectivity index (χ1n) is 9.25. The van der Waals surface area contributed by atoms with Crippen LogP contribution in [0.4, 0.5) is 0 Å². The maximum atomic E-state index is 11.9. The summed E-state index contributed by atoms with van der Waals surface area (Å²) in [6, 6.07) is -0.845. The second-order valence-corrected chi connectivity index (χ2v) is 6.62. The zero-order valence-electron chi connectivity index (χ0n) is 18.3. The van der Waals surface area contributed by atoms with Crippen molar-refractivity contribution in [2.24, 2.45) is 22.1 Å². The molecule has 2 amide bonds. The molecule has 0 aromatic rings. The van der Waals surface area contributed by atoms with Crippen LogP contribution >= 0.6 is 11.6 Å². The molecule has 1 aliphatic heterocycles. The van der Waals surface area contributed by atoms with Gasteiger partial charge in [0.1, 0.15) is 17.1 Å². The van der Waals surface area contributed by atoms with E-state index in [1.54, 1.807) is 6.92 Å². The normalized spacial score (nSPS) is 17.9. The molecule has 11 nitrogen and oxygen atoms in total. The van der Waals surface area contributed by atoms with Crippen LogP contribution in [-0.2, 0) is 24.0 Å². The fourth-order valence-corrected chi connectivity index (χ4v) is 2.65. The van der Waals surface area contributed by atoms with E-state index >= 15 is 0 Å². The number of Topliss-reactive ketones (excluding diaryl/α,β-unsaturated/α-hetero) is 1. The van der Waals surface area contributed by atoms with Crippen molar-refractivity contribution in [1.82, 2.24) is 5.32 Å². The summed E-state index contributed by atoms with van der Waals surface area (Å²) in [6.45, 7) is 5.56. The Balaban J connectivity index is -0.000000444. The average molecular weight is 474 g/mol. The van der Waals surface area contributed by atoms with Crippen LogP contribution in [0.3, 0.4) is 0 Å². The quantitative estimate of drug-likeness (QED) is 0.152. The smallest absolute Gasteiger partial charge is 0.846 e. The molecule has 2 unspecified atom stereocenters. The number of rotatable bonds is 9. The fraction of sp³-hybridized carbons (Fsp3) is 0.667. The number of amides is 2. The molecule has 31 heavy (non-hydrogen) atoms. The molecule has 0 fully saturated rings. The van der Waals surface area contributed by atoms with Crippen LogP contribution < -0.4 is 45.7 Å². The van der Waals surface area contributed by atoms with Crippen LogP contribution in [0.2, 0.25) is 0 Å². The molecule has 0 aromatic heterocycles. The average Bonchev–Trinajstić information content (AvgIpc) is 2.67. The van der Waals surface area contributed by atoms with Crippen molar-refractivity contribution in [3.05, 3.63) is 0 Å². The Hall–Kier alpha value is -1.53. The Bertz CT molecular complexity index is 660. The van der Waals surface area contributed by atoms with Gasteiger partial charge in [-0.1, -0.05) is 27.2 Å². The maximum Gasteiger partial charge on any atom is 1.00 e. The van der Waals surface area contributed by atoms with Gasteiger partial charge in [-0.3, -0.25) is 24.0 Å². The monoisotopic (exact) mass is 473 g/mol. The van der Waals surface area contributed by atoms with Gasteiger partial charge in [-0.05, 0) is 18.8 Å². The Labute approximate surface area is 208 Å². The van der Waals surface area contributed by atoms with Gasteiger partial charge in [-0.2, -0.15) is 0 Å². The molecule has 0 radical (unpaired) electrons. The van der Waals surface area contributed by atoms with Crippen LogP contribution in [0.25, 0.3) is 0 Å². The largest absolute Gasteiger partial charge is 1.00 e. The van der Waals surface area contributed by atoms with Gasteiger partial charge >= 0.3 is 41.5 Å². The van der Waals surface area contributed by atoms with Gasteiger partial charge in [0, 0.05) is 6.42 Å². The number of aliphatic carboxylic acids is 2. The number of halogens is 1. The predicted molar refractivity (Wildman–Crippen MR) is 107 cm³/mol. The van der Waals surface area contributed by atoms with E-state index in [1.165, 1.54) is 0 Å². The summed E-state index contributed by atoms with van der Waals surface area (Å²) in [5.74, 6) is -3.65. The SMILES string of the molecule is CCCC(C)C1(CC)C(=O)N=C([O-])NC1=O.NCC(=O)CCC(=O)O.O=C(O)CCl.[Na+]. The number of carboxylic acid groups (broad SMARTS) is 2. The second kappa shape index (κ2) is 18.1. The van der Waals surface area contributed by atoms with Crippen molar-refractivity contribution < 1.29 is 68.8 Å². The van der Waals surface area contributed by atoms with Crippen molar-refractivity contribution in [3.8, 4) is 0 Å². The van der Waals surface area contributed by atoms with Gasteiger partial charge in [0.2, 0.25) is 5.91 Å². The van der Waals surface area contributed by atoms with Crippen molar-refractivity contribution in [2.75, 3.05) is 12.4 Å². The summed E-state index contributed by atoms with van der Waals surface area (Å²) < 4.78 is 0. The number of carboxylic acids is 2. The van der Waals surface area contributed by atoms with Crippen LogP contribution in [0.1, 0.15) is 52.9 Å². The van der Waals surface area contributed by atoms with Gasteiger partial charge < -0.3 is 26.4 Å². The first kappa shape index (κ1) is 34.1. The molecular formula is C18H29ClN3NaO8. The molecule has 2 atom stereocenters. The number of hydrogen-bond donors (Lipinski definition) is 4. The molecule has 0 aromatic carbocycles. The zero-order valence-corrected chi connectivity index (χ0v) is 21.0. The molecule has 0 saturated heterocycles. The minimum Gasteiger partial charge on any atom is -0.846 e. The molecule has 0 spiro atoms. The van der Waals surface area contributed by atoms with Crippen molar-refractivity contribution in [1.29, 1.82) is 0 Å². The fourth-order valence-electron chi connectivity index (χ4n) is 2.65. The van der Waals surface area contributed by atoms with Crippen molar-refractivity contribution >= 4 is 47.2 Å². The number of amidine groups is 1. The van der Waals surface area contributed by atoms with Crippen molar-refractivity contribution in [3.63, 3.8) is 0 Å². The van der Waals surface area contributed by atoms with E-state index in [0.717, 1.165) is 12.8 Å². The standard InChI is InChI=1S/C11H18N2O3.C5H9NO3.C2H3ClO2.Na/c1-4-6-7(3)11(5-2)8(14)12-10(16)13-9(11)15;6-3-4(7)1-2-5(8)9;3-1-2(4)5;/h7H,4-6H2,1-3H3,(H2,12,13,14,15,16);1-3,6H2,(H,8,9);1H2,(H,4,5);/q;;;+1/p-1. The topological polar surface area (TPSA) is 199 Å². The minimum absolute atomic E-state index is 0. The summed E-state index contributed by atoms with van der Waals surface area (Å²) in [5, 5.41) is 28.7. The van der Waals surface area contributed by atoms with Gasteiger partial charge in [-0.25, -0.2) is 4.99 Å². The van der Waals surface area contributed by atoms with E-state index in [9.17, 15) is 29.1 Å². The van der Waals surface area contributed by atoms with Gasteiger partial charge in [0.15, 0.2) is 0 Å². The summed E-state index contributed by atoms with van der Waals surface area (Å²) >= 11 is 4.74. The summed E-state index contributed by atoms with van der Waals surface area (Å²) in [5.41, 5.74) is 3.77. The van der Waals surface area contributed by atoms with Gasteiger partial charge in [0.05, 0.1) is 19.0 Å². The van der Waals surface area contributed by atoms with Gasteiger partial charge in [-0.15, -0.1) is 11.6 Å². The van der Waals surface area contributed by atoms with Crippen molar-refractivity contribution in [2.45, 2.75) is 52.9 Å². The Morgan fingerprint density at radius 3 is 2.03 bits per heavy atom. The molecule has 1 rings (SSSR count). The molecule has 0 saturated carbocycles. The van der Waals surface area contributed by atoms with Crippen LogP contribution in [0.5, 0.6) is 0 Å². The Morgan fingerprint density at radius 2 is 1.71 bits per heavy atom. The summed E-state index contributed by atoms with van der Waals surface area (Å²) in [7, 11) is 0. The third kappa shape index (κ3) is 12.8. The number of nitrogens with two attached hydrogens (primary N) is 1. The van der Waals surface area contributed by atoms with E-state index in [1.807, 2.05) is 13.8 Å². The van der Waals surface area contributed by atoms with Crippen LogP contribution in [0.15, 0.2) is 4.99 Å². The Morgan fingerprint density at radius 1 is 1.19 bits per heavy atom. The van der Waals surface area contributed by atoms with E-state index in [0.29, 0.717) is 6.42 Å². The van der Waals surface area contributed by atoms with Gasteiger partial charge in [0.25, 0.3) is 5.91 Å². The van der Waals surface area contributed by atoms with E-state index in [-0.39, 0.29) is 66.5 Å². The molecule has 172 valence electrons. The molecule has 5 N–H and O–H groups in total. The molecule has 1 heterocycles. The number of nitrogens with zero attached hydrogens (tertiary/aromatic N) is 1. The maximum absolute atomic E-state index is 11.9.